The Morgan fingerprint density at radius 3 is 2.92 bits per heavy atom. The summed E-state index contributed by atoms with van der Waals surface area (Å²) >= 11 is 0. The Morgan fingerprint density at radius 2 is 2.16 bits per heavy atom. The van der Waals surface area contributed by atoms with Crippen LogP contribution in [0.2, 0.25) is 0 Å². The van der Waals surface area contributed by atoms with Gasteiger partial charge in [-0.25, -0.2) is 4.68 Å². The van der Waals surface area contributed by atoms with Gasteiger partial charge >= 0.3 is 0 Å². The van der Waals surface area contributed by atoms with E-state index in [1.807, 2.05) is 10.9 Å². The summed E-state index contributed by atoms with van der Waals surface area (Å²) in [6, 6.07) is 8.48. The molecular weight excluding hydrogens is 316 g/mol. The molecule has 136 valence electrons. The van der Waals surface area contributed by atoms with Crippen molar-refractivity contribution in [3.63, 3.8) is 0 Å². The highest BCUT2D eigenvalue weighted by molar-refractivity contribution is 5.57. The van der Waals surface area contributed by atoms with Crippen molar-refractivity contribution < 1.29 is 9.47 Å². The van der Waals surface area contributed by atoms with Gasteiger partial charge in [-0.05, 0) is 37.8 Å². The molecule has 1 aliphatic heterocycles. The molecule has 0 saturated carbocycles. The van der Waals surface area contributed by atoms with Crippen LogP contribution < -0.4 is 5.32 Å². The summed E-state index contributed by atoms with van der Waals surface area (Å²) < 4.78 is 13.1. The average Bonchev–Trinajstić information content (AvgIpc) is 3.12. The molecule has 1 aromatic heterocycles. The fourth-order valence-electron chi connectivity index (χ4n) is 2.86. The topological polar surface area (TPSA) is 61.2 Å². The second kappa shape index (κ2) is 9.65. The van der Waals surface area contributed by atoms with Crippen molar-refractivity contribution >= 4 is 0 Å². The number of rotatable bonds is 9. The first-order valence-electron chi connectivity index (χ1n) is 9.28. The highest BCUT2D eigenvalue weighted by Gasteiger charge is 2.13. The fourth-order valence-corrected chi connectivity index (χ4v) is 2.86. The van der Waals surface area contributed by atoms with Gasteiger partial charge in [0.1, 0.15) is 5.69 Å². The maximum Gasteiger partial charge on any atom is 0.157 e. The Balaban J connectivity index is 1.47. The Kier molecular flexibility index (Phi) is 6.97. The highest BCUT2D eigenvalue weighted by Crippen LogP contribution is 2.17. The van der Waals surface area contributed by atoms with Gasteiger partial charge in [-0.3, -0.25) is 0 Å². The molecule has 0 spiro atoms. The van der Waals surface area contributed by atoms with Crippen molar-refractivity contribution in [1.82, 2.24) is 20.3 Å². The Bertz CT molecular complexity index is 621. The molecule has 6 heteroatoms. The summed E-state index contributed by atoms with van der Waals surface area (Å²) in [6.45, 7) is 6.21. The van der Waals surface area contributed by atoms with Crippen LogP contribution in [0.5, 0.6) is 0 Å². The van der Waals surface area contributed by atoms with Gasteiger partial charge < -0.3 is 14.8 Å². The largest absolute Gasteiger partial charge is 0.353 e. The molecule has 3 rings (SSSR count). The van der Waals surface area contributed by atoms with Crippen LogP contribution >= 0.6 is 0 Å². The van der Waals surface area contributed by atoms with E-state index in [0.29, 0.717) is 13.2 Å². The van der Waals surface area contributed by atoms with Gasteiger partial charge in [0.05, 0.1) is 19.3 Å². The number of hydrogen-bond acceptors (Lipinski definition) is 5. The van der Waals surface area contributed by atoms with Gasteiger partial charge in [-0.15, -0.1) is 5.10 Å². The molecule has 0 bridgehead atoms. The summed E-state index contributed by atoms with van der Waals surface area (Å²) in [4.78, 5) is 0. The number of nitrogens with one attached hydrogen (secondary N) is 1. The lowest BCUT2D eigenvalue weighted by Gasteiger charge is -2.22. The van der Waals surface area contributed by atoms with Crippen LogP contribution in [0.1, 0.15) is 38.2 Å². The molecule has 1 fully saturated rings. The smallest absolute Gasteiger partial charge is 0.157 e. The van der Waals surface area contributed by atoms with E-state index in [0.717, 1.165) is 50.2 Å². The molecule has 1 aromatic carbocycles. The molecule has 2 heterocycles. The highest BCUT2D eigenvalue weighted by atomic mass is 16.7. The average molecular weight is 344 g/mol. The number of benzene rings is 1. The van der Waals surface area contributed by atoms with E-state index in [4.69, 9.17) is 9.47 Å². The van der Waals surface area contributed by atoms with Gasteiger partial charge in [0.15, 0.2) is 6.29 Å². The van der Waals surface area contributed by atoms with Crippen molar-refractivity contribution in [1.29, 1.82) is 0 Å². The minimum Gasteiger partial charge on any atom is -0.353 e. The van der Waals surface area contributed by atoms with Crippen LogP contribution in [0.15, 0.2) is 30.5 Å². The van der Waals surface area contributed by atoms with E-state index in [9.17, 15) is 0 Å². The SMILES string of the molecule is CCCNCc1ccc(-c2cn(CCOC3CCCCO3)nn2)cc1. The third-order valence-electron chi connectivity index (χ3n) is 4.31. The molecule has 1 N–H and O–H groups in total. The van der Waals surface area contributed by atoms with Gasteiger partial charge in [0.2, 0.25) is 0 Å². The van der Waals surface area contributed by atoms with Crippen LogP contribution in [0, 0.1) is 0 Å². The van der Waals surface area contributed by atoms with Gasteiger partial charge in [0, 0.05) is 18.7 Å². The predicted octanol–water partition coefficient (Wildman–Crippen LogP) is 2.99. The second-order valence-corrected chi connectivity index (χ2v) is 6.41. The molecule has 1 unspecified atom stereocenters. The van der Waals surface area contributed by atoms with E-state index < -0.39 is 0 Å². The van der Waals surface area contributed by atoms with E-state index in [1.165, 1.54) is 12.0 Å². The zero-order valence-corrected chi connectivity index (χ0v) is 15.0. The number of hydrogen-bond donors (Lipinski definition) is 1. The summed E-state index contributed by atoms with van der Waals surface area (Å²) in [7, 11) is 0. The monoisotopic (exact) mass is 344 g/mol. The Hall–Kier alpha value is -1.76. The number of nitrogens with zero attached hydrogens (tertiary/aromatic N) is 3. The lowest BCUT2D eigenvalue weighted by atomic mass is 10.1. The van der Waals surface area contributed by atoms with Crippen LogP contribution in [-0.4, -0.2) is 41.0 Å². The summed E-state index contributed by atoms with van der Waals surface area (Å²) in [5.41, 5.74) is 3.26. The Labute approximate surface area is 149 Å². The maximum atomic E-state index is 5.75. The van der Waals surface area contributed by atoms with Gasteiger partial charge in [0.25, 0.3) is 0 Å². The quantitative estimate of drug-likeness (QED) is 0.709. The zero-order chi connectivity index (χ0) is 17.3. The van der Waals surface area contributed by atoms with Gasteiger partial charge in [-0.1, -0.05) is 36.4 Å². The first kappa shape index (κ1) is 18.0. The zero-order valence-electron chi connectivity index (χ0n) is 15.0. The van der Waals surface area contributed by atoms with Crippen molar-refractivity contribution in [2.24, 2.45) is 0 Å². The van der Waals surface area contributed by atoms with Crippen LogP contribution in [0.3, 0.4) is 0 Å². The Morgan fingerprint density at radius 1 is 1.28 bits per heavy atom. The summed E-state index contributed by atoms with van der Waals surface area (Å²) in [5, 5.41) is 11.9. The third-order valence-corrected chi connectivity index (χ3v) is 4.31. The van der Waals surface area contributed by atoms with Crippen LogP contribution in [-0.2, 0) is 22.6 Å². The van der Waals surface area contributed by atoms with E-state index in [2.05, 4.69) is 46.8 Å². The molecule has 2 aromatic rings. The normalized spacial score (nSPS) is 17.7. The molecule has 1 aliphatic rings. The van der Waals surface area contributed by atoms with Crippen molar-refractivity contribution in [2.45, 2.75) is 52.0 Å². The van der Waals surface area contributed by atoms with Crippen LogP contribution in [0.4, 0.5) is 0 Å². The molecule has 0 aliphatic carbocycles. The van der Waals surface area contributed by atoms with Crippen molar-refractivity contribution in [3.8, 4) is 11.3 Å². The molecule has 25 heavy (non-hydrogen) atoms. The standard InChI is InChI=1S/C19H28N4O2/c1-2-10-20-14-16-6-8-17(9-7-16)18-15-23(22-21-18)11-13-25-19-5-3-4-12-24-19/h6-9,15,19-20H,2-5,10-14H2,1H3. The maximum absolute atomic E-state index is 5.75. The summed E-state index contributed by atoms with van der Waals surface area (Å²) in [6.07, 6.45) is 6.38. The molecule has 1 saturated heterocycles. The second-order valence-electron chi connectivity index (χ2n) is 6.41. The lowest BCUT2D eigenvalue weighted by molar-refractivity contribution is -0.163. The molecule has 1 atom stereocenters. The third kappa shape index (κ3) is 5.63. The van der Waals surface area contributed by atoms with Crippen LogP contribution in [0.25, 0.3) is 11.3 Å². The first-order valence-corrected chi connectivity index (χ1v) is 9.28. The number of aromatic nitrogens is 3. The fraction of sp³-hybridized carbons (Fsp3) is 0.579. The first-order chi connectivity index (χ1) is 12.3. The van der Waals surface area contributed by atoms with E-state index in [1.54, 1.807) is 0 Å². The molecular formula is C19H28N4O2. The predicted molar refractivity (Wildman–Crippen MR) is 97.0 cm³/mol. The molecule has 6 nitrogen and oxygen atoms in total. The lowest BCUT2D eigenvalue weighted by Crippen LogP contribution is -2.24. The minimum atomic E-state index is -0.0504. The van der Waals surface area contributed by atoms with Crippen molar-refractivity contribution in [2.75, 3.05) is 19.8 Å². The minimum absolute atomic E-state index is 0.0504. The molecule has 0 amide bonds. The van der Waals surface area contributed by atoms with E-state index in [-0.39, 0.29) is 6.29 Å². The van der Waals surface area contributed by atoms with E-state index >= 15 is 0 Å². The number of ether oxygens (including phenoxy) is 2. The molecule has 0 radical (unpaired) electrons. The van der Waals surface area contributed by atoms with Crippen molar-refractivity contribution in [3.05, 3.63) is 36.0 Å². The van der Waals surface area contributed by atoms with Gasteiger partial charge in [-0.2, -0.15) is 0 Å². The summed E-state index contributed by atoms with van der Waals surface area (Å²) in [5.74, 6) is 0.